The average molecular weight is 645 g/mol. The fourth-order valence-electron chi connectivity index (χ4n) is 7.36. The van der Waals surface area contributed by atoms with Gasteiger partial charge in [0.15, 0.2) is 0 Å². The van der Waals surface area contributed by atoms with Crippen molar-refractivity contribution in [3.63, 3.8) is 0 Å². The van der Waals surface area contributed by atoms with E-state index in [1.807, 2.05) is 60.5 Å². The molecule has 0 unspecified atom stereocenters. The number of aliphatic hydroxyl groups is 1. The number of fused-ring (bicyclic) bond motifs is 1. The molecule has 0 saturated carbocycles. The van der Waals surface area contributed by atoms with Gasteiger partial charge in [-0.2, -0.15) is 0 Å². The van der Waals surface area contributed by atoms with E-state index in [1.54, 1.807) is 19.5 Å². The Kier molecular flexibility index (Phi) is 8.85. The third-order valence-corrected chi connectivity index (χ3v) is 10.0. The van der Waals surface area contributed by atoms with Crippen LogP contribution in [0.1, 0.15) is 54.1 Å². The van der Waals surface area contributed by atoms with E-state index in [0.29, 0.717) is 61.4 Å². The van der Waals surface area contributed by atoms with Gasteiger partial charge in [0.1, 0.15) is 11.4 Å². The van der Waals surface area contributed by atoms with Gasteiger partial charge >= 0.3 is 0 Å². The van der Waals surface area contributed by atoms with Gasteiger partial charge in [0.05, 0.1) is 41.6 Å². The van der Waals surface area contributed by atoms with Crippen molar-refractivity contribution in [2.24, 2.45) is 15.9 Å². The topological polar surface area (TPSA) is 121 Å². The second-order valence-corrected chi connectivity index (χ2v) is 13.2. The van der Waals surface area contributed by atoms with Crippen LogP contribution in [0.4, 0.5) is 0 Å². The Morgan fingerprint density at radius 2 is 1.71 bits per heavy atom. The summed E-state index contributed by atoms with van der Waals surface area (Å²) in [5.41, 5.74) is 5.13. The summed E-state index contributed by atoms with van der Waals surface area (Å²) < 4.78 is 5.28. The average Bonchev–Trinajstić information content (AvgIpc) is 3.53. The Hall–Kier alpha value is -4.80. The van der Waals surface area contributed by atoms with Crippen LogP contribution in [0.25, 0.3) is 5.70 Å². The molecule has 10 heteroatoms. The highest BCUT2D eigenvalue weighted by Crippen LogP contribution is 2.40. The van der Waals surface area contributed by atoms with E-state index in [4.69, 9.17) is 4.74 Å². The first-order valence-electron chi connectivity index (χ1n) is 16.6. The van der Waals surface area contributed by atoms with Gasteiger partial charge in [-0.1, -0.05) is 30.3 Å². The Bertz CT molecular complexity index is 1810. The van der Waals surface area contributed by atoms with E-state index in [1.165, 1.54) is 6.21 Å². The maximum absolute atomic E-state index is 14.1. The number of Topliss-reactive ketones (excluding diaryl/α,β-unsaturated/α-hetero) is 1. The summed E-state index contributed by atoms with van der Waals surface area (Å²) >= 11 is 0. The molecule has 3 aromatic rings. The Balaban J connectivity index is 1.03. The van der Waals surface area contributed by atoms with Crippen LogP contribution in [0.15, 0.2) is 93.8 Å². The van der Waals surface area contributed by atoms with Crippen molar-refractivity contribution in [2.45, 2.75) is 50.7 Å². The molecule has 4 aliphatic rings. The lowest BCUT2D eigenvalue weighted by molar-refractivity contribution is -0.142. The fourth-order valence-corrected chi connectivity index (χ4v) is 7.36. The van der Waals surface area contributed by atoms with Crippen molar-refractivity contribution in [2.75, 3.05) is 33.3 Å². The van der Waals surface area contributed by atoms with Crippen molar-refractivity contribution >= 4 is 29.8 Å². The largest absolute Gasteiger partial charge is 0.497 e. The third-order valence-electron chi connectivity index (χ3n) is 10.0. The minimum absolute atomic E-state index is 0.0532. The summed E-state index contributed by atoms with van der Waals surface area (Å²) in [6, 6.07) is 17.8. The van der Waals surface area contributed by atoms with E-state index in [0.717, 1.165) is 47.8 Å². The maximum atomic E-state index is 14.1. The molecule has 2 saturated heterocycles. The molecule has 0 bridgehead atoms. The zero-order chi connectivity index (χ0) is 33.3. The summed E-state index contributed by atoms with van der Waals surface area (Å²) in [6.45, 7) is 5.12. The number of nitrogens with zero attached hydrogens (tertiary/aromatic N) is 6. The van der Waals surface area contributed by atoms with Gasteiger partial charge in [-0.3, -0.25) is 29.4 Å². The zero-order valence-electron chi connectivity index (χ0n) is 27.4. The van der Waals surface area contributed by atoms with Crippen LogP contribution >= 0.6 is 0 Å². The zero-order valence-corrected chi connectivity index (χ0v) is 27.4. The van der Waals surface area contributed by atoms with Crippen molar-refractivity contribution in [1.29, 1.82) is 0 Å². The number of likely N-dealkylation sites (tertiary alicyclic amines) is 2. The van der Waals surface area contributed by atoms with Crippen LogP contribution < -0.4 is 4.74 Å². The van der Waals surface area contributed by atoms with Gasteiger partial charge in [-0.05, 0) is 68.1 Å². The molecular formula is C38H40N6O4. The van der Waals surface area contributed by atoms with Gasteiger partial charge in [0.25, 0.3) is 0 Å². The summed E-state index contributed by atoms with van der Waals surface area (Å²) in [7, 11) is 1.61. The summed E-state index contributed by atoms with van der Waals surface area (Å²) in [6.07, 6.45) is 8.55. The molecule has 1 amide bonds. The van der Waals surface area contributed by atoms with Crippen LogP contribution in [0.2, 0.25) is 0 Å². The van der Waals surface area contributed by atoms with Gasteiger partial charge < -0.3 is 14.7 Å². The number of hydrogen-bond acceptors (Lipinski definition) is 9. The number of ketones is 1. The molecule has 48 heavy (non-hydrogen) atoms. The molecule has 2 fully saturated rings. The Morgan fingerprint density at radius 3 is 2.42 bits per heavy atom. The smallest absolute Gasteiger partial charge is 0.226 e. The molecule has 246 valence electrons. The highest BCUT2D eigenvalue weighted by molar-refractivity contribution is 6.40. The highest BCUT2D eigenvalue weighted by Gasteiger charge is 2.42. The number of carbonyl (C=O) groups is 2. The molecule has 2 atom stereocenters. The van der Waals surface area contributed by atoms with Gasteiger partial charge in [-0.25, -0.2) is 4.99 Å². The minimum atomic E-state index is -1.05. The second kappa shape index (κ2) is 13.4. The first-order valence-corrected chi connectivity index (χ1v) is 16.6. The van der Waals surface area contributed by atoms with Crippen LogP contribution in [0.3, 0.4) is 0 Å². The summed E-state index contributed by atoms with van der Waals surface area (Å²) in [4.78, 5) is 49.4. The van der Waals surface area contributed by atoms with Gasteiger partial charge in [0.2, 0.25) is 11.7 Å². The molecule has 2 aromatic carbocycles. The number of aromatic nitrogens is 2. The van der Waals surface area contributed by atoms with E-state index < -0.39 is 5.60 Å². The second-order valence-electron chi connectivity index (χ2n) is 13.2. The first kappa shape index (κ1) is 31.8. The van der Waals surface area contributed by atoms with Crippen LogP contribution in [-0.2, 0) is 16.1 Å². The molecule has 0 radical (unpaired) electrons. The number of allylic oxidation sites excluding steroid dienone is 1. The quantitative estimate of drug-likeness (QED) is 0.382. The first-order chi connectivity index (χ1) is 23.3. The normalized spacial score (nSPS) is 22.3. The standard InChI is InChI=1S/C38H40N6O4/c1-25-19-40-29(21-39-25)23-43-15-12-31(32(24-43)26-6-4-3-5-7-26)37(46)44-16-13-38(47,14-17-44)18-28-20-41-36-34(28)33(45)22-42-35(36)27-8-10-30(48-2)11-9-27/h3-11,19-22,31-32,47H,12-18,23-24H2,1-2H3/t31-,32+/m1/s1. The number of hydrogen-bond donors (Lipinski definition) is 1. The van der Waals surface area contributed by atoms with Crippen molar-refractivity contribution < 1.29 is 19.4 Å². The van der Waals surface area contributed by atoms with E-state index >= 15 is 0 Å². The number of benzene rings is 2. The molecule has 0 spiro atoms. The van der Waals surface area contributed by atoms with E-state index in [-0.39, 0.29) is 23.5 Å². The molecular weight excluding hydrogens is 604 g/mol. The number of aliphatic imine (C=N–C) groups is 2. The summed E-state index contributed by atoms with van der Waals surface area (Å²) in [5, 5.41) is 11.8. The predicted molar refractivity (Wildman–Crippen MR) is 184 cm³/mol. The number of carbonyl (C=O) groups excluding carboxylic acids is 2. The SMILES string of the molecule is COc1ccc(C2=C3N=CC(CC4(O)CCN(C(=O)[C@@H]5CCN(Cc6cnc(C)cn6)C[C@H]5c5ccccc5)CC4)=C3C(=O)C=N2)cc1. The molecule has 1 N–H and O–H groups in total. The molecule has 10 nitrogen and oxygen atoms in total. The number of rotatable bonds is 8. The number of amides is 1. The lowest BCUT2D eigenvalue weighted by atomic mass is 9.78. The molecule has 4 aliphatic heterocycles. The van der Waals surface area contributed by atoms with Crippen molar-refractivity contribution in [3.8, 4) is 5.75 Å². The predicted octanol–water partition coefficient (Wildman–Crippen LogP) is 4.55. The number of ether oxygens (including phenoxy) is 1. The molecule has 1 aromatic heterocycles. The number of aryl methyl sites for hydroxylation is 1. The van der Waals surface area contributed by atoms with E-state index in [2.05, 4.69) is 37.0 Å². The van der Waals surface area contributed by atoms with Gasteiger partial charge in [-0.15, -0.1) is 0 Å². The monoisotopic (exact) mass is 644 g/mol. The molecule has 7 rings (SSSR count). The number of piperidine rings is 2. The van der Waals surface area contributed by atoms with Crippen LogP contribution in [0.5, 0.6) is 5.75 Å². The molecule has 0 aliphatic carbocycles. The highest BCUT2D eigenvalue weighted by atomic mass is 16.5. The van der Waals surface area contributed by atoms with Gasteiger partial charge in [0, 0.05) is 68.6 Å². The fraction of sp³-hybridized carbons (Fsp3) is 0.368. The van der Waals surface area contributed by atoms with Crippen molar-refractivity contribution in [1.82, 2.24) is 19.8 Å². The van der Waals surface area contributed by atoms with Crippen LogP contribution in [-0.4, -0.2) is 87.9 Å². The lowest BCUT2D eigenvalue weighted by Crippen LogP contribution is -2.51. The van der Waals surface area contributed by atoms with Crippen molar-refractivity contribution in [3.05, 3.63) is 106 Å². The third kappa shape index (κ3) is 6.50. The minimum Gasteiger partial charge on any atom is -0.497 e. The summed E-state index contributed by atoms with van der Waals surface area (Å²) in [5.74, 6) is 0.580. The molecule has 5 heterocycles. The Labute approximate surface area is 280 Å². The van der Waals surface area contributed by atoms with E-state index in [9.17, 15) is 14.7 Å². The maximum Gasteiger partial charge on any atom is 0.226 e. The Morgan fingerprint density at radius 1 is 0.958 bits per heavy atom. The number of methoxy groups -OCH3 is 1. The lowest BCUT2D eigenvalue weighted by Gasteiger charge is -2.43. The van der Waals surface area contributed by atoms with Crippen LogP contribution in [0, 0.1) is 12.8 Å².